The topological polar surface area (TPSA) is 49.2 Å². The molecule has 0 amide bonds. The molecule has 0 saturated carbocycles. The highest BCUT2D eigenvalue weighted by molar-refractivity contribution is 6.06. The summed E-state index contributed by atoms with van der Waals surface area (Å²) in [6.07, 6.45) is 0. The monoisotopic (exact) mass is 369 g/mol. The van der Waals surface area contributed by atoms with Gasteiger partial charge in [-0.2, -0.15) is 0 Å². The summed E-state index contributed by atoms with van der Waals surface area (Å²) >= 11 is 0. The maximum absolute atomic E-state index is 5.94. The van der Waals surface area contributed by atoms with Crippen LogP contribution >= 0.6 is 0 Å². The predicted molar refractivity (Wildman–Crippen MR) is 111 cm³/mol. The molecule has 0 unspecified atom stereocenters. The Morgan fingerprint density at radius 3 is 2.25 bits per heavy atom. The summed E-state index contributed by atoms with van der Waals surface area (Å²) in [7, 11) is 1.66. The fourth-order valence-electron chi connectivity index (χ4n) is 3.54. The van der Waals surface area contributed by atoms with E-state index in [4.69, 9.17) is 19.4 Å². The fraction of sp³-hybridized carbons (Fsp3) is 0.130. The molecule has 0 aliphatic heterocycles. The van der Waals surface area contributed by atoms with Crippen LogP contribution in [0, 0.1) is 0 Å². The molecule has 0 atom stereocenters. The van der Waals surface area contributed by atoms with E-state index in [2.05, 4.69) is 16.7 Å². The molecular weight excluding hydrogens is 350 g/mol. The minimum atomic E-state index is 0.536. The molecule has 0 radical (unpaired) electrons. The third-order valence-corrected chi connectivity index (χ3v) is 4.90. The van der Waals surface area contributed by atoms with E-state index in [9.17, 15) is 0 Å². The number of ether oxygens (including phenoxy) is 2. The molecule has 0 fully saturated rings. The average Bonchev–Trinajstić information content (AvgIpc) is 3.06. The minimum absolute atomic E-state index is 0.536. The SMILES string of the molecule is COc1ccc(OCCn2c3ccccc3c3nc4ccccc4nc32)cc1. The van der Waals surface area contributed by atoms with E-state index < -0.39 is 0 Å². The van der Waals surface area contributed by atoms with Gasteiger partial charge in [0.25, 0.3) is 0 Å². The van der Waals surface area contributed by atoms with Crippen molar-refractivity contribution in [3.05, 3.63) is 72.8 Å². The van der Waals surface area contributed by atoms with Gasteiger partial charge in [-0.05, 0) is 42.5 Å². The maximum atomic E-state index is 5.94. The number of rotatable bonds is 5. The van der Waals surface area contributed by atoms with Gasteiger partial charge in [0.2, 0.25) is 0 Å². The fourth-order valence-corrected chi connectivity index (χ4v) is 3.54. The molecule has 2 aromatic heterocycles. The second kappa shape index (κ2) is 6.85. The number of para-hydroxylation sites is 3. The van der Waals surface area contributed by atoms with Crippen LogP contribution in [-0.4, -0.2) is 28.3 Å². The summed E-state index contributed by atoms with van der Waals surface area (Å²) in [5.41, 5.74) is 4.74. The summed E-state index contributed by atoms with van der Waals surface area (Å²) < 4.78 is 13.3. The summed E-state index contributed by atoms with van der Waals surface area (Å²) in [5, 5.41) is 1.11. The highest BCUT2D eigenvalue weighted by atomic mass is 16.5. The van der Waals surface area contributed by atoms with Gasteiger partial charge in [-0.3, -0.25) is 0 Å². The Labute approximate surface area is 162 Å². The first kappa shape index (κ1) is 16.6. The van der Waals surface area contributed by atoms with Gasteiger partial charge in [-0.25, -0.2) is 9.97 Å². The van der Waals surface area contributed by atoms with Crippen molar-refractivity contribution >= 4 is 33.1 Å². The molecule has 0 saturated heterocycles. The predicted octanol–water partition coefficient (Wildman–Crippen LogP) is 4.83. The molecule has 0 aliphatic carbocycles. The Morgan fingerprint density at radius 2 is 1.46 bits per heavy atom. The lowest BCUT2D eigenvalue weighted by atomic mass is 10.2. The molecule has 5 heteroatoms. The van der Waals surface area contributed by atoms with Crippen molar-refractivity contribution in [3.8, 4) is 11.5 Å². The van der Waals surface area contributed by atoms with Crippen LogP contribution in [0.4, 0.5) is 0 Å². The largest absolute Gasteiger partial charge is 0.497 e. The molecule has 2 heterocycles. The number of aromatic nitrogens is 3. The first-order valence-electron chi connectivity index (χ1n) is 9.24. The summed E-state index contributed by atoms with van der Waals surface area (Å²) in [4.78, 5) is 9.77. The van der Waals surface area contributed by atoms with Gasteiger partial charge >= 0.3 is 0 Å². The van der Waals surface area contributed by atoms with Crippen molar-refractivity contribution in [2.75, 3.05) is 13.7 Å². The number of benzene rings is 3. The molecule has 0 bridgehead atoms. The van der Waals surface area contributed by atoms with Crippen molar-refractivity contribution in [2.45, 2.75) is 6.54 Å². The van der Waals surface area contributed by atoms with Crippen LogP contribution in [0.25, 0.3) is 33.1 Å². The molecule has 0 spiro atoms. The normalized spacial score (nSPS) is 11.3. The first-order chi connectivity index (χ1) is 13.8. The molecule has 138 valence electrons. The summed E-state index contributed by atoms with van der Waals surface area (Å²) in [5.74, 6) is 1.63. The van der Waals surface area contributed by atoms with Gasteiger partial charge in [-0.1, -0.05) is 30.3 Å². The van der Waals surface area contributed by atoms with Gasteiger partial charge in [0.15, 0.2) is 5.65 Å². The van der Waals surface area contributed by atoms with Gasteiger partial charge in [0.05, 0.1) is 30.2 Å². The van der Waals surface area contributed by atoms with Crippen LogP contribution in [0.2, 0.25) is 0 Å². The quantitative estimate of drug-likeness (QED) is 0.445. The molecule has 0 N–H and O–H groups in total. The molecule has 28 heavy (non-hydrogen) atoms. The van der Waals surface area contributed by atoms with Crippen molar-refractivity contribution < 1.29 is 9.47 Å². The number of methoxy groups -OCH3 is 1. The third-order valence-electron chi connectivity index (χ3n) is 4.90. The smallest absolute Gasteiger partial charge is 0.160 e. The third kappa shape index (κ3) is 2.81. The van der Waals surface area contributed by atoms with Crippen molar-refractivity contribution in [1.29, 1.82) is 0 Å². The van der Waals surface area contributed by atoms with Crippen LogP contribution in [0.5, 0.6) is 11.5 Å². The molecule has 5 aromatic rings. The van der Waals surface area contributed by atoms with E-state index in [0.717, 1.165) is 44.6 Å². The Kier molecular flexibility index (Phi) is 4.05. The van der Waals surface area contributed by atoms with Crippen LogP contribution in [0.1, 0.15) is 0 Å². The molecular formula is C23H19N3O2. The zero-order valence-electron chi connectivity index (χ0n) is 15.5. The van der Waals surface area contributed by atoms with Gasteiger partial charge in [0, 0.05) is 5.39 Å². The highest BCUT2D eigenvalue weighted by Gasteiger charge is 2.14. The van der Waals surface area contributed by atoms with E-state index in [1.807, 2.05) is 60.7 Å². The Hall–Kier alpha value is -3.60. The van der Waals surface area contributed by atoms with Crippen LogP contribution in [-0.2, 0) is 6.54 Å². The second-order valence-corrected chi connectivity index (χ2v) is 6.58. The number of hydrogen-bond acceptors (Lipinski definition) is 4. The Bertz CT molecular complexity index is 1280. The van der Waals surface area contributed by atoms with E-state index >= 15 is 0 Å². The maximum Gasteiger partial charge on any atom is 0.160 e. The van der Waals surface area contributed by atoms with Crippen LogP contribution in [0.3, 0.4) is 0 Å². The Morgan fingerprint density at radius 1 is 0.786 bits per heavy atom. The van der Waals surface area contributed by atoms with Crippen molar-refractivity contribution in [3.63, 3.8) is 0 Å². The Balaban J connectivity index is 1.52. The average molecular weight is 369 g/mol. The molecule has 3 aromatic carbocycles. The second-order valence-electron chi connectivity index (χ2n) is 6.58. The number of nitrogens with zero attached hydrogens (tertiary/aromatic N) is 3. The van der Waals surface area contributed by atoms with E-state index in [0.29, 0.717) is 13.2 Å². The van der Waals surface area contributed by atoms with Crippen molar-refractivity contribution in [2.24, 2.45) is 0 Å². The summed E-state index contributed by atoms with van der Waals surface area (Å²) in [6.45, 7) is 1.22. The standard InChI is InChI=1S/C23H19N3O2/c1-27-16-10-12-17(13-11-16)28-15-14-26-21-9-5-2-6-18(21)22-23(26)25-20-8-4-3-7-19(20)24-22/h2-13H,14-15H2,1H3. The van der Waals surface area contributed by atoms with Gasteiger partial charge in [-0.15, -0.1) is 0 Å². The first-order valence-corrected chi connectivity index (χ1v) is 9.24. The van der Waals surface area contributed by atoms with Gasteiger partial charge < -0.3 is 14.0 Å². The van der Waals surface area contributed by atoms with Crippen LogP contribution < -0.4 is 9.47 Å². The van der Waals surface area contributed by atoms with Crippen molar-refractivity contribution in [1.82, 2.24) is 14.5 Å². The van der Waals surface area contributed by atoms with Crippen LogP contribution in [0.15, 0.2) is 72.8 Å². The lowest BCUT2D eigenvalue weighted by molar-refractivity contribution is 0.301. The van der Waals surface area contributed by atoms with E-state index in [1.54, 1.807) is 7.11 Å². The number of fused-ring (bicyclic) bond motifs is 4. The number of hydrogen-bond donors (Lipinski definition) is 0. The molecule has 5 nitrogen and oxygen atoms in total. The zero-order valence-corrected chi connectivity index (χ0v) is 15.5. The van der Waals surface area contributed by atoms with E-state index in [1.165, 1.54) is 0 Å². The zero-order chi connectivity index (χ0) is 18.9. The molecule has 5 rings (SSSR count). The van der Waals surface area contributed by atoms with Gasteiger partial charge in [0.1, 0.15) is 23.6 Å². The lowest BCUT2D eigenvalue weighted by Gasteiger charge is -2.10. The molecule has 0 aliphatic rings. The van der Waals surface area contributed by atoms with E-state index in [-0.39, 0.29) is 0 Å². The highest BCUT2D eigenvalue weighted by Crippen LogP contribution is 2.28. The minimum Gasteiger partial charge on any atom is -0.497 e. The summed E-state index contributed by atoms with van der Waals surface area (Å²) in [6, 6.07) is 23.9. The lowest BCUT2D eigenvalue weighted by Crippen LogP contribution is -2.08.